The van der Waals surface area contributed by atoms with E-state index >= 15 is 0 Å². The van der Waals surface area contributed by atoms with Crippen LogP contribution in [0.15, 0.2) is 78.0 Å². The van der Waals surface area contributed by atoms with Gasteiger partial charge in [0.1, 0.15) is 0 Å². The van der Waals surface area contributed by atoms with Crippen LogP contribution in [0, 0.1) is 0 Å². The molecule has 3 aromatic rings. The average Bonchev–Trinajstić information content (AvgIpc) is 3.22. The minimum Gasteiger partial charge on any atom is -0.356 e. The minimum absolute atomic E-state index is 0. The molecule has 1 aromatic heterocycles. The van der Waals surface area contributed by atoms with Crippen molar-refractivity contribution >= 4 is 29.9 Å². The number of halogens is 1. The quantitative estimate of drug-likeness (QED) is 0.244. The van der Waals surface area contributed by atoms with E-state index in [2.05, 4.69) is 107 Å². The summed E-state index contributed by atoms with van der Waals surface area (Å²) in [6, 6.07) is 21.6. The molecule has 6 nitrogen and oxygen atoms in total. The van der Waals surface area contributed by atoms with Crippen molar-refractivity contribution in [2.75, 3.05) is 34.2 Å². The van der Waals surface area contributed by atoms with Crippen molar-refractivity contribution < 1.29 is 0 Å². The van der Waals surface area contributed by atoms with E-state index in [9.17, 15) is 0 Å². The van der Waals surface area contributed by atoms with Gasteiger partial charge in [-0.25, -0.2) is 0 Å². The molecule has 0 aliphatic carbocycles. The highest BCUT2D eigenvalue weighted by molar-refractivity contribution is 14.0. The highest BCUT2D eigenvalue weighted by Crippen LogP contribution is 2.20. The number of rotatable bonds is 9. The van der Waals surface area contributed by atoms with Crippen molar-refractivity contribution in [3.05, 3.63) is 89.7 Å². The van der Waals surface area contributed by atoms with E-state index in [1.807, 2.05) is 25.0 Å². The summed E-state index contributed by atoms with van der Waals surface area (Å²) in [5, 5.41) is 11.3. The number of benzene rings is 2. The van der Waals surface area contributed by atoms with Crippen LogP contribution in [0.5, 0.6) is 0 Å². The lowest BCUT2D eigenvalue weighted by Gasteiger charge is -2.25. The fraction of sp³-hybridized carbons (Fsp3) is 0.360. The Kier molecular flexibility index (Phi) is 10.7. The van der Waals surface area contributed by atoms with E-state index < -0.39 is 0 Å². The molecular formula is C25H35IN6. The second-order valence-electron chi connectivity index (χ2n) is 8.06. The maximum absolute atomic E-state index is 4.45. The molecule has 1 heterocycles. The number of aromatic nitrogens is 2. The first kappa shape index (κ1) is 25.9. The van der Waals surface area contributed by atoms with Crippen molar-refractivity contribution in [1.29, 1.82) is 0 Å². The summed E-state index contributed by atoms with van der Waals surface area (Å²) in [5.74, 6) is 1.16. The van der Waals surface area contributed by atoms with Gasteiger partial charge in [-0.15, -0.1) is 24.0 Å². The summed E-state index contributed by atoms with van der Waals surface area (Å²) < 4.78 is 1.84. The molecule has 0 aliphatic heterocycles. The molecule has 0 bridgehead atoms. The number of guanidine groups is 1. The molecule has 3 rings (SSSR count). The molecule has 2 aromatic carbocycles. The molecule has 0 radical (unpaired) electrons. The van der Waals surface area contributed by atoms with E-state index in [1.54, 1.807) is 0 Å². The van der Waals surface area contributed by atoms with Gasteiger partial charge in [-0.05, 0) is 31.6 Å². The minimum atomic E-state index is 0. The monoisotopic (exact) mass is 546 g/mol. The van der Waals surface area contributed by atoms with Gasteiger partial charge in [0.2, 0.25) is 0 Å². The lowest BCUT2D eigenvalue weighted by molar-refractivity contribution is 0.298. The van der Waals surface area contributed by atoms with Gasteiger partial charge < -0.3 is 15.5 Å². The highest BCUT2D eigenvalue weighted by Gasteiger charge is 2.17. The van der Waals surface area contributed by atoms with Crippen LogP contribution in [0.25, 0.3) is 0 Å². The molecule has 0 fully saturated rings. The maximum Gasteiger partial charge on any atom is 0.191 e. The van der Waals surface area contributed by atoms with E-state index in [-0.39, 0.29) is 30.0 Å². The van der Waals surface area contributed by atoms with E-state index in [4.69, 9.17) is 0 Å². The summed E-state index contributed by atoms with van der Waals surface area (Å²) in [5.41, 5.74) is 3.85. The number of hydrogen-bond acceptors (Lipinski definition) is 3. The number of aryl methyl sites for hydroxylation is 1. The van der Waals surface area contributed by atoms with Crippen molar-refractivity contribution in [1.82, 2.24) is 25.3 Å². The normalized spacial score (nSPS) is 13.3. The highest BCUT2D eigenvalue weighted by atomic mass is 127. The lowest BCUT2D eigenvalue weighted by Crippen LogP contribution is -2.43. The van der Waals surface area contributed by atoms with Gasteiger partial charge in [0.15, 0.2) is 5.96 Å². The Labute approximate surface area is 209 Å². The lowest BCUT2D eigenvalue weighted by atomic mass is 9.92. The molecule has 2 atom stereocenters. The zero-order valence-electron chi connectivity index (χ0n) is 19.4. The Hall–Kier alpha value is -2.39. The van der Waals surface area contributed by atoms with Crippen LogP contribution < -0.4 is 10.6 Å². The first-order valence-electron chi connectivity index (χ1n) is 10.7. The van der Waals surface area contributed by atoms with Gasteiger partial charge in [-0.2, -0.15) is 5.10 Å². The fourth-order valence-corrected chi connectivity index (χ4v) is 3.78. The first-order chi connectivity index (χ1) is 15.1. The molecule has 0 amide bonds. The first-order valence-corrected chi connectivity index (χ1v) is 10.7. The predicted octanol–water partition coefficient (Wildman–Crippen LogP) is 3.83. The van der Waals surface area contributed by atoms with Crippen molar-refractivity contribution in [2.24, 2.45) is 12.0 Å². The van der Waals surface area contributed by atoms with Crippen LogP contribution in [0.3, 0.4) is 0 Å². The molecule has 32 heavy (non-hydrogen) atoms. The molecule has 0 aliphatic rings. The number of likely N-dealkylation sites (N-methyl/N-ethyl adjacent to an activating group) is 1. The molecule has 172 valence electrons. The second kappa shape index (κ2) is 13.2. The van der Waals surface area contributed by atoms with Crippen LogP contribution in [0.4, 0.5) is 0 Å². The van der Waals surface area contributed by atoms with Gasteiger partial charge in [0.25, 0.3) is 0 Å². The fourth-order valence-electron chi connectivity index (χ4n) is 3.78. The van der Waals surface area contributed by atoms with Gasteiger partial charge in [-0.3, -0.25) is 9.67 Å². The van der Waals surface area contributed by atoms with E-state index in [0.29, 0.717) is 5.92 Å². The third-order valence-electron chi connectivity index (χ3n) is 5.53. The van der Waals surface area contributed by atoms with Crippen LogP contribution in [-0.2, 0) is 13.5 Å². The summed E-state index contributed by atoms with van der Waals surface area (Å²) in [4.78, 5) is 6.64. The summed E-state index contributed by atoms with van der Waals surface area (Å²) in [7, 11) is 7.93. The zero-order chi connectivity index (χ0) is 22.1. The third-order valence-corrected chi connectivity index (χ3v) is 5.53. The van der Waals surface area contributed by atoms with Gasteiger partial charge >= 0.3 is 0 Å². The Bertz CT molecular complexity index is 939. The predicted molar refractivity (Wildman–Crippen MR) is 144 cm³/mol. The van der Waals surface area contributed by atoms with Crippen molar-refractivity contribution in [3.63, 3.8) is 0 Å². The summed E-state index contributed by atoms with van der Waals surface area (Å²) in [6.45, 7) is 1.55. The third kappa shape index (κ3) is 7.63. The molecule has 0 saturated heterocycles. The maximum atomic E-state index is 4.45. The zero-order valence-corrected chi connectivity index (χ0v) is 21.7. The smallest absolute Gasteiger partial charge is 0.191 e. The second-order valence-corrected chi connectivity index (χ2v) is 8.06. The number of aliphatic imine (C=N–C) groups is 1. The van der Waals surface area contributed by atoms with E-state index in [0.717, 1.165) is 25.5 Å². The van der Waals surface area contributed by atoms with Crippen LogP contribution in [0.1, 0.15) is 28.7 Å². The average molecular weight is 547 g/mol. The molecule has 7 heteroatoms. The summed E-state index contributed by atoms with van der Waals surface area (Å²) in [6.07, 6.45) is 4.96. The summed E-state index contributed by atoms with van der Waals surface area (Å²) >= 11 is 0. The standard InChI is InChI=1S/C25H34N6.HI/c1-26-25(28-18-24(30(2)3)23-17-29-31(4)19-23)27-16-22(21-13-9-6-10-14-21)15-20-11-7-5-8-12-20;/h5-14,17,19,22,24H,15-16,18H2,1-4H3,(H2,26,27,28);1H. The van der Waals surface area contributed by atoms with Gasteiger partial charge in [-0.1, -0.05) is 60.7 Å². The Balaban J connectivity index is 0.00000363. The van der Waals surface area contributed by atoms with Gasteiger partial charge in [0.05, 0.1) is 12.2 Å². The molecule has 0 spiro atoms. The SMILES string of the molecule is CN=C(NCC(Cc1ccccc1)c1ccccc1)NCC(c1cnn(C)c1)N(C)C.I. The largest absolute Gasteiger partial charge is 0.356 e. The topological polar surface area (TPSA) is 57.5 Å². The van der Waals surface area contributed by atoms with Crippen molar-refractivity contribution in [3.8, 4) is 0 Å². The van der Waals surface area contributed by atoms with Crippen LogP contribution >= 0.6 is 24.0 Å². The van der Waals surface area contributed by atoms with Gasteiger partial charge in [0, 0.05) is 44.9 Å². The Morgan fingerprint density at radius 2 is 1.59 bits per heavy atom. The van der Waals surface area contributed by atoms with Crippen LogP contribution in [0.2, 0.25) is 0 Å². The number of nitrogens with one attached hydrogen (secondary N) is 2. The van der Waals surface area contributed by atoms with Crippen LogP contribution in [-0.4, -0.2) is 54.9 Å². The molecular weight excluding hydrogens is 511 g/mol. The number of nitrogens with zero attached hydrogens (tertiary/aromatic N) is 4. The molecule has 2 N–H and O–H groups in total. The Morgan fingerprint density at radius 3 is 2.16 bits per heavy atom. The van der Waals surface area contributed by atoms with E-state index in [1.165, 1.54) is 16.7 Å². The number of hydrogen-bond donors (Lipinski definition) is 2. The van der Waals surface area contributed by atoms with Crippen molar-refractivity contribution in [2.45, 2.75) is 18.4 Å². The Morgan fingerprint density at radius 1 is 0.969 bits per heavy atom. The molecule has 2 unspecified atom stereocenters. The molecule has 0 saturated carbocycles.